The minimum Gasteiger partial charge on any atom is -0.335 e. The molecule has 2 unspecified atom stereocenters. The van der Waals surface area contributed by atoms with Crippen LogP contribution in [0.25, 0.3) is 0 Å². The van der Waals surface area contributed by atoms with Crippen LogP contribution in [0.2, 0.25) is 0 Å². The van der Waals surface area contributed by atoms with Gasteiger partial charge < -0.3 is 9.80 Å². The van der Waals surface area contributed by atoms with Gasteiger partial charge in [-0.15, -0.1) is 0 Å². The molecule has 4 aromatic rings. The lowest BCUT2D eigenvalue weighted by atomic mass is 9.88. The minimum absolute atomic E-state index is 0.0801. The molecule has 2 amide bonds. The Morgan fingerprint density at radius 3 is 0.974 bits per heavy atom. The largest absolute Gasteiger partial charge is 0.335 e. The van der Waals surface area contributed by atoms with Gasteiger partial charge in [-0.05, 0) is 36.1 Å². The predicted octanol–water partition coefficient (Wildman–Crippen LogP) is 6.10. The third-order valence-corrected chi connectivity index (χ3v) is 7.58. The first-order valence-corrected chi connectivity index (χ1v) is 13.4. The van der Waals surface area contributed by atoms with Gasteiger partial charge in [0.1, 0.15) is 0 Å². The summed E-state index contributed by atoms with van der Waals surface area (Å²) >= 11 is 0. The zero-order valence-electron chi connectivity index (χ0n) is 22.0. The predicted molar refractivity (Wildman–Crippen MR) is 152 cm³/mol. The number of nitrogens with zero attached hydrogens (tertiary/aromatic N) is 2. The first-order valence-electron chi connectivity index (χ1n) is 13.4. The molecule has 1 aliphatic rings. The van der Waals surface area contributed by atoms with Gasteiger partial charge >= 0.3 is 0 Å². The number of rotatable bonds is 6. The Balaban J connectivity index is 1.41. The number of carbonyl (C=O) groups is 2. The smallest absolute Gasteiger partial charge is 0.234 e. The molecule has 38 heavy (non-hydrogen) atoms. The second kappa shape index (κ2) is 11.5. The van der Waals surface area contributed by atoms with Gasteiger partial charge in [0, 0.05) is 25.2 Å². The van der Waals surface area contributed by atoms with E-state index < -0.39 is 0 Å². The highest BCUT2D eigenvalue weighted by atomic mass is 16.2. The van der Waals surface area contributed by atoms with Crippen molar-refractivity contribution < 1.29 is 9.59 Å². The van der Waals surface area contributed by atoms with Crippen LogP contribution in [-0.2, 0) is 9.59 Å². The van der Waals surface area contributed by atoms with Gasteiger partial charge in [0.15, 0.2) is 0 Å². The monoisotopic (exact) mass is 502 g/mol. The van der Waals surface area contributed by atoms with E-state index >= 15 is 0 Å². The summed E-state index contributed by atoms with van der Waals surface area (Å²) in [7, 11) is 0. The summed E-state index contributed by atoms with van der Waals surface area (Å²) in [5.74, 6) is -0.598. The van der Waals surface area contributed by atoms with Crippen molar-refractivity contribution in [3.8, 4) is 0 Å². The van der Waals surface area contributed by atoms with E-state index in [2.05, 4.69) is 13.8 Å². The second-order valence-electron chi connectivity index (χ2n) is 10.2. The molecule has 1 saturated heterocycles. The third-order valence-electron chi connectivity index (χ3n) is 7.58. The Kier molecular flexibility index (Phi) is 7.69. The Morgan fingerprint density at radius 1 is 0.500 bits per heavy atom. The van der Waals surface area contributed by atoms with Crippen molar-refractivity contribution in [1.29, 1.82) is 0 Å². The van der Waals surface area contributed by atoms with Crippen LogP contribution in [0.4, 0.5) is 0 Å². The maximum Gasteiger partial charge on any atom is 0.234 e. The lowest BCUT2D eigenvalue weighted by Crippen LogP contribution is -2.61. The van der Waals surface area contributed by atoms with E-state index in [1.165, 1.54) is 0 Å². The topological polar surface area (TPSA) is 40.6 Å². The number of amides is 2. The second-order valence-corrected chi connectivity index (χ2v) is 10.2. The van der Waals surface area contributed by atoms with E-state index in [4.69, 9.17) is 0 Å². The van der Waals surface area contributed by atoms with Gasteiger partial charge in [-0.25, -0.2) is 0 Å². The Morgan fingerprint density at radius 2 is 0.737 bits per heavy atom. The van der Waals surface area contributed by atoms with E-state index in [1.807, 2.05) is 131 Å². The van der Waals surface area contributed by atoms with Gasteiger partial charge in [0.25, 0.3) is 0 Å². The molecule has 1 fully saturated rings. The summed E-state index contributed by atoms with van der Waals surface area (Å²) in [6.07, 6.45) is 0. The molecular formula is C34H34N2O2. The summed E-state index contributed by atoms with van der Waals surface area (Å²) in [5.41, 5.74) is 3.93. The van der Waals surface area contributed by atoms with E-state index in [1.54, 1.807) is 0 Å². The van der Waals surface area contributed by atoms with Crippen LogP contribution in [-0.4, -0.2) is 46.8 Å². The highest BCUT2D eigenvalue weighted by Gasteiger charge is 2.40. The maximum atomic E-state index is 14.1. The molecule has 5 rings (SSSR count). The fourth-order valence-electron chi connectivity index (χ4n) is 5.61. The summed E-state index contributed by atoms with van der Waals surface area (Å²) < 4.78 is 0. The molecule has 192 valence electrons. The Labute approximate surface area is 225 Å². The molecule has 0 aliphatic carbocycles. The molecule has 4 heteroatoms. The van der Waals surface area contributed by atoms with Crippen molar-refractivity contribution in [3.05, 3.63) is 144 Å². The summed E-state index contributed by atoms with van der Waals surface area (Å²) in [4.78, 5) is 32.2. The molecule has 0 saturated carbocycles. The van der Waals surface area contributed by atoms with E-state index in [0.717, 1.165) is 22.3 Å². The van der Waals surface area contributed by atoms with Crippen LogP contribution in [0.1, 0.15) is 47.9 Å². The lowest BCUT2D eigenvalue weighted by molar-refractivity contribution is -0.146. The first kappa shape index (κ1) is 25.5. The van der Waals surface area contributed by atoms with E-state index in [0.29, 0.717) is 13.1 Å². The average molecular weight is 503 g/mol. The van der Waals surface area contributed by atoms with Crippen molar-refractivity contribution in [2.45, 2.75) is 37.8 Å². The van der Waals surface area contributed by atoms with Crippen LogP contribution in [0.5, 0.6) is 0 Å². The molecule has 0 aromatic heterocycles. The number of benzene rings is 4. The van der Waals surface area contributed by atoms with Gasteiger partial charge in [-0.3, -0.25) is 9.59 Å². The van der Waals surface area contributed by atoms with Crippen LogP contribution in [0.15, 0.2) is 121 Å². The molecule has 0 bridgehead atoms. The average Bonchev–Trinajstić information content (AvgIpc) is 2.96. The Hall–Kier alpha value is -4.18. The van der Waals surface area contributed by atoms with E-state index in [9.17, 15) is 9.59 Å². The number of hydrogen-bond donors (Lipinski definition) is 0. The maximum absolute atomic E-state index is 14.1. The molecule has 0 spiro atoms. The molecular weight excluding hydrogens is 468 g/mol. The van der Waals surface area contributed by atoms with Crippen molar-refractivity contribution in [2.75, 3.05) is 13.1 Å². The minimum atomic E-state index is -0.379. The zero-order chi connectivity index (χ0) is 26.5. The summed E-state index contributed by atoms with van der Waals surface area (Å²) in [6, 6.07) is 39.7. The molecule has 1 heterocycles. The molecule has 4 aromatic carbocycles. The first-order chi connectivity index (χ1) is 18.5. The van der Waals surface area contributed by atoms with Crippen LogP contribution >= 0.6 is 0 Å². The van der Waals surface area contributed by atoms with Crippen molar-refractivity contribution in [3.63, 3.8) is 0 Å². The quantitative estimate of drug-likeness (QED) is 0.320. The van der Waals surface area contributed by atoms with Crippen LogP contribution in [0.3, 0.4) is 0 Å². The van der Waals surface area contributed by atoms with Crippen molar-refractivity contribution in [2.24, 2.45) is 0 Å². The molecule has 0 radical (unpaired) electrons. The highest BCUT2D eigenvalue weighted by Crippen LogP contribution is 2.32. The summed E-state index contributed by atoms with van der Waals surface area (Å²) in [5, 5.41) is 0. The fourth-order valence-corrected chi connectivity index (χ4v) is 5.61. The van der Waals surface area contributed by atoms with Gasteiger partial charge in [0.05, 0.1) is 11.8 Å². The van der Waals surface area contributed by atoms with Crippen molar-refractivity contribution in [1.82, 2.24) is 9.80 Å². The number of carbonyl (C=O) groups excluding carboxylic acids is 2. The van der Waals surface area contributed by atoms with Crippen molar-refractivity contribution >= 4 is 11.8 Å². The molecule has 2 atom stereocenters. The van der Waals surface area contributed by atoms with Crippen LogP contribution in [0, 0.1) is 0 Å². The van der Waals surface area contributed by atoms with Gasteiger partial charge in [0.2, 0.25) is 11.8 Å². The standard InChI is InChI=1S/C34H34N2O2/c1-25-23-36(34(38)32(29-19-11-5-12-20-29)30-21-13-6-14-22-30)26(2)24-35(25)33(37)31(27-15-7-3-8-16-27)28-17-9-4-10-18-28/h3-22,25-26,31-32H,23-24H2,1-2H3. The third kappa shape index (κ3) is 5.26. The number of hydrogen-bond acceptors (Lipinski definition) is 2. The molecule has 1 aliphatic heterocycles. The normalized spacial score (nSPS) is 17.6. The fraction of sp³-hybridized carbons (Fsp3) is 0.235. The van der Waals surface area contributed by atoms with Gasteiger partial charge in [-0.1, -0.05) is 121 Å². The Bertz CT molecular complexity index is 1160. The van der Waals surface area contributed by atoms with Crippen LogP contribution < -0.4 is 0 Å². The SMILES string of the molecule is CC1CN(C(=O)C(c2ccccc2)c2ccccc2)C(C)CN1C(=O)C(c1ccccc1)c1ccccc1. The van der Waals surface area contributed by atoms with Gasteiger partial charge in [-0.2, -0.15) is 0 Å². The zero-order valence-corrected chi connectivity index (χ0v) is 22.0. The lowest BCUT2D eigenvalue weighted by Gasteiger charge is -2.46. The number of piperazine rings is 1. The summed E-state index contributed by atoms with van der Waals surface area (Å²) in [6.45, 7) is 5.10. The van der Waals surface area contributed by atoms with E-state index in [-0.39, 0.29) is 35.7 Å². The molecule has 0 N–H and O–H groups in total. The highest BCUT2D eigenvalue weighted by molar-refractivity contribution is 5.89. The molecule has 4 nitrogen and oxygen atoms in total.